The van der Waals surface area contributed by atoms with Crippen LogP contribution in [-0.4, -0.2) is 25.9 Å². The van der Waals surface area contributed by atoms with Crippen molar-refractivity contribution in [3.63, 3.8) is 0 Å². The summed E-state index contributed by atoms with van der Waals surface area (Å²) in [6, 6.07) is 20.7. The van der Waals surface area contributed by atoms with Crippen molar-refractivity contribution in [2.24, 2.45) is 0 Å². The number of aliphatic hydroxyl groups is 1. The highest BCUT2D eigenvalue weighted by molar-refractivity contribution is 6.94. The van der Waals surface area contributed by atoms with Gasteiger partial charge in [0.25, 0.3) is 0 Å². The van der Waals surface area contributed by atoms with Crippen LogP contribution in [0.1, 0.15) is 12.5 Å². The number of benzene rings is 2. The highest BCUT2D eigenvalue weighted by Crippen LogP contribution is 2.13. The Balaban J connectivity index is 2.05. The Bertz CT molecular complexity index is 619. The maximum atomic E-state index is 10.1. The molecule has 0 spiro atoms. The van der Waals surface area contributed by atoms with Gasteiger partial charge in [0.15, 0.2) is 0 Å². The van der Waals surface area contributed by atoms with Crippen LogP contribution in [0.5, 0.6) is 0 Å². The molecule has 2 aromatic carbocycles. The van der Waals surface area contributed by atoms with E-state index in [4.69, 9.17) is 4.74 Å². The van der Waals surface area contributed by atoms with E-state index in [1.807, 2.05) is 31.2 Å². The fourth-order valence-electron chi connectivity index (χ4n) is 2.56. The second kappa shape index (κ2) is 8.25. The van der Waals surface area contributed by atoms with E-state index < -0.39 is 14.2 Å². The Morgan fingerprint density at radius 2 is 1.61 bits per heavy atom. The minimum Gasteiger partial charge on any atom is -0.389 e. The summed E-state index contributed by atoms with van der Waals surface area (Å²) in [6.45, 7) is 7.44. The average molecular weight is 327 g/mol. The van der Waals surface area contributed by atoms with Crippen LogP contribution in [0.2, 0.25) is 13.1 Å². The van der Waals surface area contributed by atoms with E-state index in [2.05, 4.69) is 55.2 Å². The van der Waals surface area contributed by atoms with Gasteiger partial charge in [-0.15, -0.1) is 0 Å². The highest BCUT2D eigenvalue weighted by atomic mass is 28.3. The normalized spacial score (nSPS) is 13.8. The molecular formula is C20H26O2Si. The van der Waals surface area contributed by atoms with E-state index in [-0.39, 0.29) is 0 Å². The molecule has 0 aliphatic rings. The van der Waals surface area contributed by atoms with Gasteiger partial charge in [0.1, 0.15) is 8.07 Å². The summed E-state index contributed by atoms with van der Waals surface area (Å²) in [4.78, 5) is 0. The van der Waals surface area contributed by atoms with Crippen LogP contribution >= 0.6 is 0 Å². The van der Waals surface area contributed by atoms with Crippen LogP contribution in [0.15, 0.2) is 71.9 Å². The van der Waals surface area contributed by atoms with Gasteiger partial charge in [-0.2, -0.15) is 0 Å². The topological polar surface area (TPSA) is 29.5 Å². The third kappa shape index (κ3) is 5.47. The second-order valence-electron chi connectivity index (χ2n) is 6.46. The smallest absolute Gasteiger partial charge is 0.104 e. The van der Waals surface area contributed by atoms with Gasteiger partial charge >= 0.3 is 0 Å². The average Bonchev–Trinajstić information content (AvgIpc) is 2.55. The second-order valence-corrected chi connectivity index (χ2v) is 10.8. The maximum Gasteiger partial charge on any atom is 0.104 e. The summed E-state index contributed by atoms with van der Waals surface area (Å²) in [5.74, 6) is 0. The molecule has 0 fully saturated rings. The van der Waals surface area contributed by atoms with Crippen molar-refractivity contribution in [1.29, 1.82) is 0 Å². The van der Waals surface area contributed by atoms with Gasteiger partial charge in [-0.1, -0.05) is 84.6 Å². The van der Waals surface area contributed by atoms with Crippen molar-refractivity contribution < 1.29 is 9.84 Å². The Morgan fingerprint density at radius 1 is 1.04 bits per heavy atom. The van der Waals surface area contributed by atoms with Gasteiger partial charge in [-0.25, -0.2) is 0 Å². The van der Waals surface area contributed by atoms with Crippen LogP contribution in [0, 0.1) is 0 Å². The quantitative estimate of drug-likeness (QED) is 0.787. The van der Waals surface area contributed by atoms with Crippen LogP contribution < -0.4 is 5.19 Å². The molecule has 2 rings (SSSR count). The lowest BCUT2D eigenvalue weighted by atomic mass is 10.2. The van der Waals surface area contributed by atoms with E-state index in [9.17, 15) is 5.11 Å². The van der Waals surface area contributed by atoms with E-state index in [1.165, 1.54) is 5.19 Å². The number of hydrogen-bond acceptors (Lipinski definition) is 2. The molecule has 1 atom stereocenters. The zero-order valence-corrected chi connectivity index (χ0v) is 15.2. The Kier molecular flexibility index (Phi) is 6.34. The molecule has 0 amide bonds. The van der Waals surface area contributed by atoms with Gasteiger partial charge in [0.05, 0.1) is 19.3 Å². The number of rotatable bonds is 7. The van der Waals surface area contributed by atoms with Crippen LogP contribution in [-0.2, 0) is 11.3 Å². The van der Waals surface area contributed by atoms with E-state index >= 15 is 0 Å². The molecule has 23 heavy (non-hydrogen) atoms. The molecule has 0 saturated heterocycles. The van der Waals surface area contributed by atoms with Gasteiger partial charge in [-0.05, 0) is 18.1 Å². The third-order valence-electron chi connectivity index (χ3n) is 3.98. The molecule has 0 aliphatic heterocycles. The Hall–Kier alpha value is -1.68. The number of ether oxygens (including phenoxy) is 1. The van der Waals surface area contributed by atoms with Crippen molar-refractivity contribution >= 4 is 13.3 Å². The monoisotopic (exact) mass is 326 g/mol. The molecule has 122 valence electrons. The molecular weight excluding hydrogens is 300 g/mol. The van der Waals surface area contributed by atoms with Crippen molar-refractivity contribution in [2.45, 2.75) is 32.7 Å². The molecule has 0 unspecified atom stereocenters. The molecule has 2 nitrogen and oxygen atoms in total. The SMILES string of the molecule is C[C@H](O)/C(=C/[Si](C)(C)c1ccccc1)COCc1ccccc1. The first-order valence-electron chi connectivity index (χ1n) is 8.06. The van der Waals surface area contributed by atoms with Gasteiger partial charge in [0.2, 0.25) is 0 Å². The summed E-state index contributed by atoms with van der Waals surface area (Å²) in [5, 5.41) is 11.5. The third-order valence-corrected chi connectivity index (χ3v) is 6.89. The standard InChI is InChI=1S/C20H26O2Si/c1-17(21)19(15-22-14-18-10-6-4-7-11-18)16-23(2,3)20-12-8-5-9-13-20/h4-13,16-17,21H,14-15H2,1-3H3/b19-16+/t17-/m0/s1. The lowest BCUT2D eigenvalue weighted by molar-refractivity contribution is 0.121. The predicted molar refractivity (Wildman–Crippen MR) is 99.4 cm³/mol. The van der Waals surface area contributed by atoms with Crippen molar-refractivity contribution in [3.05, 3.63) is 77.5 Å². The Morgan fingerprint density at radius 3 is 2.17 bits per heavy atom. The molecule has 0 heterocycles. The minimum atomic E-state index is -1.74. The van der Waals surface area contributed by atoms with Crippen molar-refractivity contribution in [1.82, 2.24) is 0 Å². The van der Waals surface area contributed by atoms with Gasteiger partial charge < -0.3 is 9.84 Å². The molecule has 3 heteroatoms. The van der Waals surface area contributed by atoms with E-state index in [1.54, 1.807) is 0 Å². The van der Waals surface area contributed by atoms with Gasteiger partial charge in [0, 0.05) is 0 Å². The largest absolute Gasteiger partial charge is 0.389 e. The molecule has 0 radical (unpaired) electrons. The first-order chi connectivity index (χ1) is 11.0. The zero-order valence-electron chi connectivity index (χ0n) is 14.2. The molecule has 0 bridgehead atoms. The summed E-state index contributed by atoms with van der Waals surface area (Å²) in [6.07, 6.45) is -0.485. The van der Waals surface area contributed by atoms with Crippen LogP contribution in [0.4, 0.5) is 0 Å². The van der Waals surface area contributed by atoms with Gasteiger partial charge in [-0.3, -0.25) is 0 Å². The van der Waals surface area contributed by atoms with Crippen LogP contribution in [0.3, 0.4) is 0 Å². The first-order valence-corrected chi connectivity index (χ1v) is 11.1. The summed E-state index contributed by atoms with van der Waals surface area (Å²) < 4.78 is 5.82. The van der Waals surface area contributed by atoms with Crippen LogP contribution in [0.25, 0.3) is 0 Å². The molecule has 1 N–H and O–H groups in total. The highest BCUT2D eigenvalue weighted by Gasteiger charge is 2.22. The fraction of sp³-hybridized carbons (Fsp3) is 0.300. The fourth-order valence-corrected chi connectivity index (χ4v) is 5.03. The summed E-state index contributed by atoms with van der Waals surface area (Å²) >= 11 is 0. The molecule has 0 saturated carbocycles. The number of hydrogen-bond donors (Lipinski definition) is 1. The molecule has 0 aliphatic carbocycles. The first kappa shape index (κ1) is 17.7. The Labute approximate surface area is 140 Å². The van der Waals surface area contributed by atoms with Crippen molar-refractivity contribution in [3.8, 4) is 0 Å². The molecule has 2 aromatic rings. The van der Waals surface area contributed by atoms with E-state index in [0.29, 0.717) is 13.2 Å². The summed E-state index contributed by atoms with van der Waals surface area (Å²) in [5.41, 5.74) is 4.39. The summed E-state index contributed by atoms with van der Waals surface area (Å²) in [7, 11) is -1.74. The molecule has 0 aromatic heterocycles. The van der Waals surface area contributed by atoms with Crippen molar-refractivity contribution in [2.75, 3.05) is 6.61 Å². The maximum absolute atomic E-state index is 10.1. The predicted octanol–water partition coefficient (Wildman–Crippen LogP) is 3.67. The number of aliphatic hydroxyl groups excluding tert-OH is 1. The zero-order chi connectivity index (χ0) is 16.7. The lowest BCUT2D eigenvalue weighted by Gasteiger charge is -2.22. The lowest BCUT2D eigenvalue weighted by Crippen LogP contribution is -2.40. The van der Waals surface area contributed by atoms with E-state index in [0.717, 1.165) is 11.1 Å². The minimum absolute atomic E-state index is 0.468.